The number of rotatable bonds is 6. The number of benzene rings is 1. The van der Waals surface area contributed by atoms with E-state index in [0.29, 0.717) is 6.61 Å². The standard InChI is InChI=1S/C16H26N2O2/c1-13(17)14-6-7-15(16(12-14)19-2)20-11-10-18-8-4-3-5-9-18/h6-7,12-13H,3-5,8-11,17H2,1-2H3/t13-/m0/s1. The minimum Gasteiger partial charge on any atom is -0.493 e. The van der Waals surface area contributed by atoms with Gasteiger partial charge in [0.2, 0.25) is 0 Å². The van der Waals surface area contributed by atoms with E-state index in [1.54, 1.807) is 7.11 Å². The number of ether oxygens (including phenoxy) is 2. The van der Waals surface area contributed by atoms with Crippen LogP contribution in [-0.2, 0) is 0 Å². The molecule has 1 fully saturated rings. The highest BCUT2D eigenvalue weighted by atomic mass is 16.5. The lowest BCUT2D eigenvalue weighted by Gasteiger charge is -2.26. The van der Waals surface area contributed by atoms with Crippen LogP contribution in [0.4, 0.5) is 0 Å². The van der Waals surface area contributed by atoms with Gasteiger partial charge < -0.3 is 15.2 Å². The summed E-state index contributed by atoms with van der Waals surface area (Å²) in [4.78, 5) is 2.46. The smallest absolute Gasteiger partial charge is 0.161 e. The van der Waals surface area contributed by atoms with Crippen LogP contribution in [0.3, 0.4) is 0 Å². The zero-order valence-corrected chi connectivity index (χ0v) is 12.6. The number of methoxy groups -OCH3 is 1. The van der Waals surface area contributed by atoms with Crippen LogP contribution in [-0.4, -0.2) is 38.3 Å². The third-order valence-electron chi connectivity index (χ3n) is 3.83. The largest absolute Gasteiger partial charge is 0.493 e. The molecule has 0 amide bonds. The molecule has 1 aromatic rings. The minimum atomic E-state index is 0.00583. The normalized spacial score (nSPS) is 17.8. The fraction of sp³-hybridized carbons (Fsp3) is 0.625. The molecule has 2 rings (SSSR count). The molecular weight excluding hydrogens is 252 g/mol. The van der Waals surface area contributed by atoms with Gasteiger partial charge >= 0.3 is 0 Å². The molecule has 4 nitrogen and oxygen atoms in total. The van der Waals surface area contributed by atoms with Gasteiger partial charge in [0.05, 0.1) is 7.11 Å². The van der Waals surface area contributed by atoms with Crippen LogP contribution in [0.15, 0.2) is 18.2 Å². The molecule has 0 spiro atoms. The Morgan fingerprint density at radius 3 is 2.60 bits per heavy atom. The maximum Gasteiger partial charge on any atom is 0.161 e. The van der Waals surface area contributed by atoms with E-state index >= 15 is 0 Å². The number of nitrogens with two attached hydrogens (primary N) is 1. The molecule has 4 heteroatoms. The third-order valence-corrected chi connectivity index (χ3v) is 3.83. The van der Waals surface area contributed by atoms with Gasteiger partial charge in [-0.15, -0.1) is 0 Å². The fourth-order valence-electron chi connectivity index (χ4n) is 2.55. The Morgan fingerprint density at radius 2 is 1.95 bits per heavy atom. The van der Waals surface area contributed by atoms with Gasteiger partial charge in [0.25, 0.3) is 0 Å². The monoisotopic (exact) mass is 278 g/mol. The zero-order valence-electron chi connectivity index (χ0n) is 12.6. The number of piperidine rings is 1. The lowest BCUT2D eigenvalue weighted by molar-refractivity contribution is 0.180. The van der Waals surface area contributed by atoms with Crippen LogP contribution < -0.4 is 15.2 Å². The third kappa shape index (κ3) is 4.12. The van der Waals surface area contributed by atoms with E-state index < -0.39 is 0 Å². The average molecular weight is 278 g/mol. The summed E-state index contributed by atoms with van der Waals surface area (Å²) in [5.74, 6) is 1.56. The molecule has 0 unspecified atom stereocenters. The van der Waals surface area contributed by atoms with Gasteiger partial charge in [0, 0.05) is 12.6 Å². The van der Waals surface area contributed by atoms with Crippen molar-refractivity contribution in [3.05, 3.63) is 23.8 Å². The molecule has 2 N–H and O–H groups in total. The Balaban J connectivity index is 1.88. The maximum absolute atomic E-state index is 5.88. The first kappa shape index (κ1) is 15.1. The van der Waals surface area contributed by atoms with Gasteiger partial charge in [-0.1, -0.05) is 12.5 Å². The average Bonchev–Trinajstić information content (AvgIpc) is 2.48. The van der Waals surface area contributed by atoms with Crippen LogP contribution in [0, 0.1) is 0 Å². The van der Waals surface area contributed by atoms with Gasteiger partial charge in [0.15, 0.2) is 11.5 Å². The SMILES string of the molecule is COc1cc([C@H](C)N)ccc1OCCN1CCCCC1. The minimum absolute atomic E-state index is 0.00583. The summed E-state index contributed by atoms with van der Waals surface area (Å²) in [6.07, 6.45) is 3.99. The van der Waals surface area contributed by atoms with Crippen molar-refractivity contribution in [1.29, 1.82) is 0 Å². The van der Waals surface area contributed by atoms with Crippen molar-refractivity contribution in [2.45, 2.75) is 32.2 Å². The van der Waals surface area contributed by atoms with Crippen LogP contribution in [0.2, 0.25) is 0 Å². The van der Waals surface area contributed by atoms with E-state index in [9.17, 15) is 0 Å². The number of likely N-dealkylation sites (tertiary alicyclic amines) is 1. The number of hydrogen-bond donors (Lipinski definition) is 1. The first-order valence-electron chi connectivity index (χ1n) is 7.49. The summed E-state index contributed by atoms with van der Waals surface area (Å²) in [5.41, 5.74) is 6.94. The molecule has 1 atom stereocenters. The highest BCUT2D eigenvalue weighted by molar-refractivity contribution is 5.43. The predicted octanol–water partition coefficient (Wildman–Crippen LogP) is 2.58. The number of nitrogens with zero attached hydrogens (tertiary/aromatic N) is 1. The van der Waals surface area contributed by atoms with Gasteiger partial charge in [-0.25, -0.2) is 0 Å². The second-order valence-corrected chi connectivity index (χ2v) is 5.45. The summed E-state index contributed by atoms with van der Waals surface area (Å²) >= 11 is 0. The van der Waals surface area contributed by atoms with Gasteiger partial charge in [-0.3, -0.25) is 4.90 Å². The molecule has 20 heavy (non-hydrogen) atoms. The Bertz CT molecular complexity index is 415. The summed E-state index contributed by atoms with van der Waals surface area (Å²) in [5, 5.41) is 0. The molecule has 0 aliphatic carbocycles. The molecule has 1 aromatic carbocycles. The predicted molar refractivity (Wildman–Crippen MR) is 81.4 cm³/mol. The van der Waals surface area contributed by atoms with Gasteiger partial charge in [0.1, 0.15) is 6.61 Å². The molecular formula is C16H26N2O2. The molecule has 1 aliphatic heterocycles. The molecule has 112 valence electrons. The Kier molecular flexibility index (Phi) is 5.68. The van der Waals surface area contributed by atoms with E-state index in [2.05, 4.69) is 4.90 Å². The van der Waals surface area contributed by atoms with Gasteiger partial charge in [-0.2, -0.15) is 0 Å². The molecule has 0 radical (unpaired) electrons. The van der Waals surface area contributed by atoms with Gasteiger partial charge in [-0.05, 0) is 50.6 Å². The van der Waals surface area contributed by atoms with Crippen molar-refractivity contribution >= 4 is 0 Å². The van der Waals surface area contributed by atoms with Crippen molar-refractivity contribution in [2.75, 3.05) is 33.4 Å². The first-order chi connectivity index (χ1) is 9.70. The molecule has 1 saturated heterocycles. The van der Waals surface area contributed by atoms with Crippen LogP contribution in [0.1, 0.15) is 37.8 Å². The Labute approximate surface area is 121 Å². The second-order valence-electron chi connectivity index (χ2n) is 5.45. The number of hydrogen-bond acceptors (Lipinski definition) is 4. The molecule has 0 bridgehead atoms. The quantitative estimate of drug-likeness (QED) is 0.869. The topological polar surface area (TPSA) is 47.7 Å². The van der Waals surface area contributed by atoms with Crippen molar-refractivity contribution in [3.63, 3.8) is 0 Å². The maximum atomic E-state index is 5.88. The molecule has 1 aliphatic rings. The van der Waals surface area contributed by atoms with E-state index in [0.717, 1.165) is 23.6 Å². The summed E-state index contributed by atoms with van der Waals surface area (Å²) < 4.78 is 11.2. The van der Waals surface area contributed by atoms with E-state index in [-0.39, 0.29) is 6.04 Å². The van der Waals surface area contributed by atoms with Crippen molar-refractivity contribution < 1.29 is 9.47 Å². The zero-order chi connectivity index (χ0) is 14.4. The van der Waals surface area contributed by atoms with Crippen LogP contribution in [0.5, 0.6) is 11.5 Å². The lowest BCUT2D eigenvalue weighted by atomic mass is 10.1. The first-order valence-corrected chi connectivity index (χ1v) is 7.49. The fourth-order valence-corrected chi connectivity index (χ4v) is 2.55. The van der Waals surface area contributed by atoms with E-state index in [1.165, 1.54) is 32.4 Å². The highest BCUT2D eigenvalue weighted by Crippen LogP contribution is 2.29. The summed E-state index contributed by atoms with van der Waals surface area (Å²) in [6.45, 7) is 6.05. The lowest BCUT2D eigenvalue weighted by Crippen LogP contribution is -2.33. The van der Waals surface area contributed by atoms with Crippen molar-refractivity contribution in [2.24, 2.45) is 5.73 Å². The second kappa shape index (κ2) is 7.50. The Morgan fingerprint density at radius 1 is 1.20 bits per heavy atom. The summed E-state index contributed by atoms with van der Waals surface area (Å²) in [7, 11) is 1.66. The molecule has 0 aromatic heterocycles. The Hall–Kier alpha value is -1.26. The van der Waals surface area contributed by atoms with Crippen molar-refractivity contribution in [3.8, 4) is 11.5 Å². The highest BCUT2D eigenvalue weighted by Gasteiger charge is 2.11. The van der Waals surface area contributed by atoms with Crippen LogP contribution in [0.25, 0.3) is 0 Å². The van der Waals surface area contributed by atoms with E-state index in [1.807, 2.05) is 25.1 Å². The molecule has 0 saturated carbocycles. The van der Waals surface area contributed by atoms with Crippen molar-refractivity contribution in [1.82, 2.24) is 4.90 Å². The van der Waals surface area contributed by atoms with Crippen LogP contribution >= 0.6 is 0 Å². The summed E-state index contributed by atoms with van der Waals surface area (Å²) in [6, 6.07) is 5.92. The molecule has 1 heterocycles. The van der Waals surface area contributed by atoms with E-state index in [4.69, 9.17) is 15.2 Å².